The van der Waals surface area contributed by atoms with Crippen molar-refractivity contribution < 1.29 is 0 Å². The number of nitrogens with one attached hydrogen (secondary N) is 1. The number of anilines is 1. The van der Waals surface area contributed by atoms with Crippen LogP contribution in [0.25, 0.3) is 0 Å². The van der Waals surface area contributed by atoms with Gasteiger partial charge in [-0.3, -0.25) is 0 Å². The molecule has 0 aromatic heterocycles. The average molecular weight is 301 g/mol. The van der Waals surface area contributed by atoms with Crippen molar-refractivity contribution >= 4 is 17.3 Å². The number of nitrogens with zero attached hydrogens (tertiary/aromatic N) is 1. The summed E-state index contributed by atoms with van der Waals surface area (Å²) < 4.78 is 0. The molecule has 0 saturated heterocycles. The fourth-order valence-corrected chi connectivity index (χ4v) is 2.79. The third-order valence-corrected chi connectivity index (χ3v) is 4.27. The number of rotatable bonds is 6. The second-order valence-electron chi connectivity index (χ2n) is 5.73. The van der Waals surface area contributed by atoms with Crippen molar-refractivity contribution in [3.05, 3.63) is 64.7 Å². The molecule has 1 N–H and O–H groups in total. The molecule has 2 aromatic rings. The first kappa shape index (κ1) is 14.4. The highest BCUT2D eigenvalue weighted by atomic mass is 35.5. The second-order valence-corrected chi connectivity index (χ2v) is 6.14. The minimum atomic E-state index is 0.688. The lowest BCUT2D eigenvalue weighted by atomic mass is 10.1. The smallest absolute Gasteiger partial charge is 0.0471 e. The van der Waals surface area contributed by atoms with E-state index in [9.17, 15) is 0 Å². The zero-order chi connectivity index (χ0) is 14.7. The van der Waals surface area contributed by atoms with Gasteiger partial charge >= 0.3 is 0 Å². The van der Waals surface area contributed by atoms with E-state index in [2.05, 4.69) is 47.6 Å². The van der Waals surface area contributed by atoms with Gasteiger partial charge in [-0.25, -0.2) is 0 Å². The molecule has 1 aliphatic carbocycles. The zero-order valence-corrected chi connectivity index (χ0v) is 13.1. The lowest BCUT2D eigenvalue weighted by Crippen LogP contribution is -2.22. The van der Waals surface area contributed by atoms with E-state index in [1.807, 2.05) is 18.2 Å². The summed E-state index contributed by atoms with van der Waals surface area (Å²) in [7, 11) is 2.12. The molecular formula is C18H21ClN2. The molecule has 3 heteroatoms. The standard InChI is InChI=1S/C18H21ClN2/c1-21(13-14-6-3-2-4-7-14)18-9-5-8-17(19)16(18)12-20-15-10-11-15/h2-9,15,20H,10-13H2,1H3. The van der Waals surface area contributed by atoms with Crippen molar-refractivity contribution in [3.8, 4) is 0 Å². The lowest BCUT2D eigenvalue weighted by molar-refractivity contribution is 0.685. The number of hydrogen-bond donors (Lipinski definition) is 1. The van der Waals surface area contributed by atoms with E-state index in [4.69, 9.17) is 11.6 Å². The molecule has 0 spiro atoms. The molecule has 0 amide bonds. The van der Waals surface area contributed by atoms with Crippen LogP contribution in [0.1, 0.15) is 24.0 Å². The highest BCUT2D eigenvalue weighted by Gasteiger charge is 2.21. The molecule has 0 atom stereocenters. The summed E-state index contributed by atoms with van der Waals surface area (Å²) >= 11 is 6.41. The SMILES string of the molecule is CN(Cc1ccccc1)c1cccc(Cl)c1CNC1CC1. The van der Waals surface area contributed by atoms with Crippen molar-refractivity contribution in [2.75, 3.05) is 11.9 Å². The van der Waals surface area contributed by atoms with Crippen LogP contribution in [0.15, 0.2) is 48.5 Å². The Bertz CT molecular complexity index is 593. The van der Waals surface area contributed by atoms with Crippen LogP contribution in [0.4, 0.5) is 5.69 Å². The fourth-order valence-electron chi connectivity index (χ4n) is 2.56. The van der Waals surface area contributed by atoms with E-state index in [0.717, 1.165) is 18.1 Å². The van der Waals surface area contributed by atoms with Crippen molar-refractivity contribution in [1.82, 2.24) is 5.32 Å². The van der Waals surface area contributed by atoms with Crippen LogP contribution in [-0.2, 0) is 13.1 Å². The molecule has 2 aromatic carbocycles. The quantitative estimate of drug-likeness (QED) is 0.859. The van der Waals surface area contributed by atoms with Crippen molar-refractivity contribution in [2.24, 2.45) is 0 Å². The maximum absolute atomic E-state index is 6.41. The Labute approximate surface area is 131 Å². The molecule has 0 aliphatic heterocycles. The molecule has 2 nitrogen and oxygen atoms in total. The summed E-state index contributed by atoms with van der Waals surface area (Å²) in [6, 6.07) is 17.4. The Balaban J connectivity index is 1.77. The van der Waals surface area contributed by atoms with Crippen LogP contribution >= 0.6 is 11.6 Å². The monoisotopic (exact) mass is 300 g/mol. The minimum absolute atomic E-state index is 0.688. The largest absolute Gasteiger partial charge is 0.370 e. The predicted molar refractivity (Wildman–Crippen MR) is 89.9 cm³/mol. The number of benzene rings is 2. The van der Waals surface area contributed by atoms with Gasteiger partial charge in [-0.05, 0) is 30.5 Å². The molecule has 1 aliphatic rings. The Morgan fingerprint density at radius 2 is 1.86 bits per heavy atom. The third kappa shape index (κ3) is 3.78. The Hall–Kier alpha value is -1.51. The van der Waals surface area contributed by atoms with Crippen molar-refractivity contribution in [1.29, 1.82) is 0 Å². The van der Waals surface area contributed by atoms with Crippen LogP contribution < -0.4 is 10.2 Å². The Kier molecular flexibility index (Phi) is 4.47. The highest BCUT2D eigenvalue weighted by Crippen LogP contribution is 2.29. The van der Waals surface area contributed by atoms with Crippen molar-refractivity contribution in [3.63, 3.8) is 0 Å². The van der Waals surface area contributed by atoms with Gasteiger partial charge in [0.2, 0.25) is 0 Å². The molecular weight excluding hydrogens is 280 g/mol. The highest BCUT2D eigenvalue weighted by molar-refractivity contribution is 6.31. The molecule has 0 bridgehead atoms. The van der Waals surface area contributed by atoms with Crippen LogP contribution in [0, 0.1) is 0 Å². The molecule has 0 heterocycles. The Morgan fingerprint density at radius 1 is 1.10 bits per heavy atom. The zero-order valence-electron chi connectivity index (χ0n) is 12.3. The van der Waals surface area contributed by atoms with Gasteiger partial charge in [0, 0.05) is 42.5 Å². The van der Waals surface area contributed by atoms with Gasteiger partial charge in [-0.15, -0.1) is 0 Å². The lowest BCUT2D eigenvalue weighted by Gasteiger charge is -2.23. The van der Waals surface area contributed by atoms with Gasteiger partial charge in [0.05, 0.1) is 0 Å². The van der Waals surface area contributed by atoms with Crippen molar-refractivity contribution in [2.45, 2.75) is 32.0 Å². The van der Waals surface area contributed by atoms with Gasteiger partial charge in [0.1, 0.15) is 0 Å². The summed E-state index contributed by atoms with van der Waals surface area (Å²) in [5.41, 5.74) is 3.71. The molecule has 0 radical (unpaired) electrons. The second kappa shape index (κ2) is 6.50. The number of hydrogen-bond acceptors (Lipinski definition) is 2. The molecule has 1 saturated carbocycles. The topological polar surface area (TPSA) is 15.3 Å². The maximum atomic E-state index is 6.41. The predicted octanol–water partition coefficient (Wildman–Crippen LogP) is 4.23. The third-order valence-electron chi connectivity index (χ3n) is 3.91. The van der Waals surface area contributed by atoms with E-state index >= 15 is 0 Å². The minimum Gasteiger partial charge on any atom is -0.370 e. The first-order chi connectivity index (χ1) is 10.2. The first-order valence-electron chi connectivity index (χ1n) is 7.50. The summed E-state index contributed by atoms with van der Waals surface area (Å²) in [5, 5.41) is 4.41. The summed E-state index contributed by atoms with van der Waals surface area (Å²) in [5.74, 6) is 0. The van der Waals surface area contributed by atoms with Gasteiger partial charge in [-0.2, -0.15) is 0 Å². The van der Waals surface area contributed by atoms with Crippen LogP contribution in [0.3, 0.4) is 0 Å². The average Bonchev–Trinajstić information content (AvgIpc) is 3.31. The van der Waals surface area contributed by atoms with E-state index < -0.39 is 0 Å². The fraction of sp³-hybridized carbons (Fsp3) is 0.333. The molecule has 1 fully saturated rings. The first-order valence-corrected chi connectivity index (χ1v) is 7.87. The van der Waals surface area contributed by atoms with E-state index in [1.54, 1.807) is 0 Å². The molecule has 0 unspecified atom stereocenters. The van der Waals surface area contributed by atoms with E-state index in [1.165, 1.54) is 29.7 Å². The van der Waals surface area contributed by atoms with E-state index in [-0.39, 0.29) is 0 Å². The summed E-state index contributed by atoms with van der Waals surface area (Å²) in [6.45, 7) is 1.73. The Morgan fingerprint density at radius 3 is 2.57 bits per heavy atom. The normalized spacial score (nSPS) is 14.2. The van der Waals surface area contributed by atoms with Gasteiger partial charge < -0.3 is 10.2 Å². The van der Waals surface area contributed by atoms with Crippen LogP contribution in [-0.4, -0.2) is 13.1 Å². The van der Waals surface area contributed by atoms with Gasteiger partial charge in [-0.1, -0.05) is 48.0 Å². The van der Waals surface area contributed by atoms with Crippen LogP contribution in [0.5, 0.6) is 0 Å². The molecule has 3 rings (SSSR count). The maximum Gasteiger partial charge on any atom is 0.0471 e. The molecule has 110 valence electrons. The van der Waals surface area contributed by atoms with Gasteiger partial charge in [0.25, 0.3) is 0 Å². The van der Waals surface area contributed by atoms with Gasteiger partial charge in [0.15, 0.2) is 0 Å². The molecule has 21 heavy (non-hydrogen) atoms. The van der Waals surface area contributed by atoms with Crippen LogP contribution in [0.2, 0.25) is 5.02 Å². The summed E-state index contributed by atoms with van der Waals surface area (Å²) in [4.78, 5) is 2.27. The number of halogens is 1. The van der Waals surface area contributed by atoms with E-state index in [0.29, 0.717) is 6.04 Å². The summed E-state index contributed by atoms with van der Waals surface area (Å²) in [6.07, 6.45) is 2.58.